The number of carboxylic acid groups (broad SMARTS) is 2. The molecule has 0 heterocycles. The van der Waals surface area contributed by atoms with Gasteiger partial charge in [0.2, 0.25) is 0 Å². The molecule has 5 saturated carbocycles. The van der Waals surface area contributed by atoms with Gasteiger partial charge in [0.15, 0.2) is 0 Å². The van der Waals surface area contributed by atoms with Crippen molar-refractivity contribution in [1.29, 1.82) is 0 Å². The van der Waals surface area contributed by atoms with Crippen LogP contribution in [-0.2, 0) is 9.59 Å². The fourth-order valence-corrected chi connectivity index (χ4v) is 8.94. The predicted molar refractivity (Wildman–Crippen MR) is 80.1 cm³/mol. The monoisotopic (exact) mass is 314 g/mol. The van der Waals surface area contributed by atoms with Crippen molar-refractivity contribution in [2.24, 2.45) is 71.0 Å². The summed E-state index contributed by atoms with van der Waals surface area (Å²) < 4.78 is 0. The van der Waals surface area contributed by atoms with Crippen LogP contribution in [0.15, 0.2) is 12.2 Å². The van der Waals surface area contributed by atoms with Gasteiger partial charge in [0.25, 0.3) is 0 Å². The molecule has 0 spiro atoms. The molecule has 23 heavy (non-hydrogen) atoms. The Morgan fingerprint density at radius 1 is 0.652 bits per heavy atom. The SMILES string of the molecule is O=C(O)C1C2CC(C1C(=O)O)C1C3CC(C4C5C=CC(C5)C34)C21. The zero-order valence-corrected chi connectivity index (χ0v) is 12.9. The van der Waals surface area contributed by atoms with Crippen LogP contribution in [0.2, 0.25) is 0 Å². The molecule has 6 aliphatic rings. The van der Waals surface area contributed by atoms with E-state index in [2.05, 4.69) is 12.2 Å². The van der Waals surface area contributed by atoms with Crippen LogP contribution in [0, 0.1) is 71.0 Å². The van der Waals surface area contributed by atoms with Gasteiger partial charge in [0.05, 0.1) is 11.8 Å². The maximum Gasteiger partial charge on any atom is 0.307 e. The van der Waals surface area contributed by atoms with E-state index in [1.54, 1.807) is 0 Å². The van der Waals surface area contributed by atoms with E-state index in [4.69, 9.17) is 0 Å². The second-order valence-corrected chi connectivity index (χ2v) is 9.11. The molecule has 6 bridgehead atoms. The van der Waals surface area contributed by atoms with Crippen molar-refractivity contribution in [1.82, 2.24) is 0 Å². The normalized spacial score (nSPS) is 62.8. The second kappa shape index (κ2) is 3.84. The Hall–Kier alpha value is -1.32. The Morgan fingerprint density at radius 3 is 1.52 bits per heavy atom. The number of hydrogen-bond donors (Lipinski definition) is 2. The summed E-state index contributed by atoms with van der Waals surface area (Å²) in [4.78, 5) is 23.6. The molecule has 0 saturated heterocycles. The van der Waals surface area contributed by atoms with Crippen molar-refractivity contribution < 1.29 is 19.8 Å². The Bertz CT molecular complexity index is 602. The van der Waals surface area contributed by atoms with Gasteiger partial charge in [-0.2, -0.15) is 0 Å². The summed E-state index contributed by atoms with van der Waals surface area (Å²) >= 11 is 0. The van der Waals surface area contributed by atoms with Crippen molar-refractivity contribution in [3.8, 4) is 0 Å². The highest BCUT2D eigenvalue weighted by atomic mass is 16.4. The zero-order valence-electron chi connectivity index (χ0n) is 12.9. The van der Waals surface area contributed by atoms with E-state index in [0.717, 1.165) is 30.1 Å². The van der Waals surface area contributed by atoms with Crippen molar-refractivity contribution >= 4 is 11.9 Å². The van der Waals surface area contributed by atoms with Gasteiger partial charge < -0.3 is 10.2 Å². The zero-order chi connectivity index (χ0) is 15.6. The Labute approximate surface area is 134 Å². The molecule has 0 aromatic rings. The minimum atomic E-state index is -0.865. The van der Waals surface area contributed by atoms with Gasteiger partial charge in [0.1, 0.15) is 0 Å². The highest BCUT2D eigenvalue weighted by Crippen LogP contribution is 2.77. The molecule has 4 nitrogen and oxygen atoms in total. The van der Waals surface area contributed by atoms with E-state index in [9.17, 15) is 19.8 Å². The van der Waals surface area contributed by atoms with E-state index in [1.807, 2.05) is 0 Å². The third kappa shape index (κ3) is 1.26. The minimum absolute atomic E-state index is 0.127. The minimum Gasteiger partial charge on any atom is -0.481 e. The first-order valence-corrected chi connectivity index (χ1v) is 9.22. The molecular weight excluding hydrogens is 292 g/mol. The molecule has 0 aromatic carbocycles. The van der Waals surface area contributed by atoms with Gasteiger partial charge in [-0.05, 0) is 78.4 Å². The smallest absolute Gasteiger partial charge is 0.307 e. The second-order valence-electron chi connectivity index (χ2n) is 9.11. The van der Waals surface area contributed by atoms with Gasteiger partial charge in [0, 0.05) is 0 Å². The van der Waals surface area contributed by atoms with E-state index in [0.29, 0.717) is 23.7 Å². The molecule has 5 fully saturated rings. The number of carbonyl (C=O) groups is 2. The largest absolute Gasteiger partial charge is 0.481 e. The molecule has 6 aliphatic carbocycles. The Balaban J connectivity index is 1.42. The van der Waals surface area contributed by atoms with Crippen molar-refractivity contribution in [2.45, 2.75) is 19.3 Å². The highest BCUT2D eigenvalue weighted by Gasteiger charge is 2.74. The van der Waals surface area contributed by atoms with E-state index in [-0.39, 0.29) is 11.8 Å². The maximum atomic E-state index is 11.8. The van der Waals surface area contributed by atoms with Crippen molar-refractivity contribution in [2.75, 3.05) is 0 Å². The first kappa shape index (κ1) is 13.0. The predicted octanol–water partition coefficient (Wildman–Crippen LogP) is 2.36. The molecule has 6 rings (SSSR count). The highest BCUT2D eigenvalue weighted by molar-refractivity contribution is 5.82. The summed E-state index contributed by atoms with van der Waals surface area (Å²) in [5, 5.41) is 19.3. The van der Waals surface area contributed by atoms with Crippen LogP contribution in [0.25, 0.3) is 0 Å². The molecule has 0 aromatic heterocycles. The van der Waals surface area contributed by atoms with Gasteiger partial charge >= 0.3 is 11.9 Å². The number of hydrogen-bond acceptors (Lipinski definition) is 2. The molecule has 0 amide bonds. The summed E-state index contributed by atoms with van der Waals surface area (Å²) in [7, 11) is 0. The van der Waals surface area contributed by atoms with Crippen molar-refractivity contribution in [3.63, 3.8) is 0 Å². The lowest BCUT2D eigenvalue weighted by Crippen LogP contribution is -2.48. The van der Waals surface area contributed by atoms with Gasteiger partial charge in [-0.15, -0.1) is 0 Å². The van der Waals surface area contributed by atoms with Crippen LogP contribution in [0.3, 0.4) is 0 Å². The van der Waals surface area contributed by atoms with Crippen LogP contribution in [0.5, 0.6) is 0 Å². The first-order chi connectivity index (χ1) is 11.1. The Kier molecular flexibility index (Phi) is 2.17. The fraction of sp³-hybridized carbons (Fsp3) is 0.789. The lowest BCUT2D eigenvalue weighted by atomic mass is 9.57. The molecule has 0 radical (unpaired) electrons. The van der Waals surface area contributed by atoms with Crippen LogP contribution in [-0.4, -0.2) is 22.2 Å². The van der Waals surface area contributed by atoms with Crippen LogP contribution < -0.4 is 0 Å². The molecular formula is C19H22O4. The van der Waals surface area contributed by atoms with Gasteiger partial charge in [-0.3, -0.25) is 9.59 Å². The molecule has 2 N–H and O–H groups in total. The summed E-state index contributed by atoms with van der Waals surface area (Å²) in [6.45, 7) is 0. The molecule has 12 atom stereocenters. The number of rotatable bonds is 2. The lowest BCUT2D eigenvalue weighted by molar-refractivity contribution is -0.160. The average Bonchev–Trinajstić information content (AvgIpc) is 3.28. The fourth-order valence-electron chi connectivity index (χ4n) is 8.94. The van der Waals surface area contributed by atoms with Crippen LogP contribution >= 0.6 is 0 Å². The molecule has 122 valence electrons. The topological polar surface area (TPSA) is 74.6 Å². The third-order valence-electron chi connectivity index (χ3n) is 8.96. The number of fused-ring (bicyclic) bond motifs is 16. The average molecular weight is 314 g/mol. The quantitative estimate of drug-likeness (QED) is 0.606. The Morgan fingerprint density at radius 2 is 1.09 bits per heavy atom. The number of allylic oxidation sites excluding steroid dienone is 2. The van der Waals surface area contributed by atoms with Crippen molar-refractivity contribution in [3.05, 3.63) is 12.2 Å². The van der Waals surface area contributed by atoms with E-state index < -0.39 is 23.8 Å². The first-order valence-electron chi connectivity index (χ1n) is 9.22. The van der Waals surface area contributed by atoms with Crippen LogP contribution in [0.4, 0.5) is 0 Å². The van der Waals surface area contributed by atoms with Gasteiger partial charge in [-0.1, -0.05) is 12.2 Å². The maximum absolute atomic E-state index is 11.8. The molecule has 4 heteroatoms. The number of aliphatic carboxylic acids is 2. The molecule has 0 aliphatic heterocycles. The summed E-state index contributed by atoms with van der Waals surface area (Å²) in [5.41, 5.74) is 0. The standard InChI is InChI=1S/C19H22O4/c20-18(21)16-10-5-11(17(16)19(22)23)15-9-4-8(14(10)15)12-6-1-2-7(3-6)13(9)12/h1-2,6-17H,3-5H2,(H,20,21)(H,22,23). The summed E-state index contributed by atoms with van der Waals surface area (Å²) in [5.74, 6) is 2.68. The van der Waals surface area contributed by atoms with Gasteiger partial charge in [-0.25, -0.2) is 0 Å². The van der Waals surface area contributed by atoms with Crippen LogP contribution in [0.1, 0.15) is 19.3 Å². The molecule has 12 unspecified atom stereocenters. The lowest BCUT2D eigenvalue weighted by Gasteiger charge is -2.46. The number of carboxylic acids is 2. The summed E-state index contributed by atoms with van der Waals surface area (Å²) in [6, 6.07) is 0. The summed E-state index contributed by atoms with van der Waals surface area (Å²) in [6.07, 6.45) is 8.26. The third-order valence-corrected chi connectivity index (χ3v) is 8.96. The van der Waals surface area contributed by atoms with E-state index >= 15 is 0 Å². The van der Waals surface area contributed by atoms with E-state index in [1.165, 1.54) is 12.8 Å².